The highest BCUT2D eigenvalue weighted by molar-refractivity contribution is 6.31. The summed E-state index contributed by atoms with van der Waals surface area (Å²) in [5.41, 5.74) is 6.47. The zero-order valence-electron chi connectivity index (χ0n) is 9.31. The first kappa shape index (κ1) is 12.9. The SMILES string of the molecule is CC(C)C(N)Cc1c(Cl)cccc1[N+](=O)[O-]. The molecule has 0 heterocycles. The molecule has 4 nitrogen and oxygen atoms in total. The summed E-state index contributed by atoms with van der Waals surface area (Å²) in [6.45, 7) is 3.96. The lowest BCUT2D eigenvalue weighted by Crippen LogP contribution is -2.29. The summed E-state index contributed by atoms with van der Waals surface area (Å²) >= 11 is 5.96. The number of rotatable bonds is 4. The van der Waals surface area contributed by atoms with Crippen LogP contribution in [0.4, 0.5) is 5.69 Å². The highest BCUT2D eigenvalue weighted by Gasteiger charge is 2.20. The standard InChI is InChI=1S/C11H15ClN2O2/c1-7(2)10(13)6-8-9(12)4-3-5-11(8)14(15)16/h3-5,7,10H,6,13H2,1-2H3. The summed E-state index contributed by atoms with van der Waals surface area (Å²) in [6.07, 6.45) is 0.424. The van der Waals surface area contributed by atoms with Crippen molar-refractivity contribution in [1.29, 1.82) is 0 Å². The third kappa shape index (κ3) is 2.93. The Balaban J connectivity index is 3.06. The molecule has 0 amide bonds. The maximum absolute atomic E-state index is 10.8. The molecule has 0 saturated carbocycles. The van der Waals surface area contributed by atoms with E-state index in [4.69, 9.17) is 17.3 Å². The minimum atomic E-state index is -0.422. The van der Waals surface area contributed by atoms with Gasteiger partial charge in [-0.3, -0.25) is 10.1 Å². The van der Waals surface area contributed by atoms with Crippen molar-refractivity contribution in [3.63, 3.8) is 0 Å². The molecule has 0 fully saturated rings. The first-order valence-electron chi connectivity index (χ1n) is 5.10. The second-order valence-corrected chi connectivity index (χ2v) is 4.51. The maximum atomic E-state index is 10.8. The summed E-state index contributed by atoms with van der Waals surface area (Å²) in [5.74, 6) is 0.260. The summed E-state index contributed by atoms with van der Waals surface area (Å²) in [4.78, 5) is 10.4. The fourth-order valence-corrected chi connectivity index (χ4v) is 1.64. The van der Waals surface area contributed by atoms with E-state index < -0.39 is 4.92 Å². The Bertz CT molecular complexity index is 394. The molecule has 0 saturated heterocycles. The van der Waals surface area contributed by atoms with Gasteiger partial charge in [-0.25, -0.2) is 0 Å². The zero-order chi connectivity index (χ0) is 12.3. The Hall–Kier alpha value is -1.13. The van der Waals surface area contributed by atoms with Crippen LogP contribution in [-0.4, -0.2) is 11.0 Å². The molecule has 5 heteroatoms. The highest BCUT2D eigenvalue weighted by atomic mass is 35.5. The van der Waals surface area contributed by atoms with Crippen molar-refractivity contribution in [3.8, 4) is 0 Å². The van der Waals surface area contributed by atoms with Crippen LogP contribution in [0.1, 0.15) is 19.4 Å². The lowest BCUT2D eigenvalue weighted by atomic mass is 9.96. The normalized spacial score (nSPS) is 12.8. The van der Waals surface area contributed by atoms with Crippen LogP contribution in [0.25, 0.3) is 0 Å². The zero-order valence-corrected chi connectivity index (χ0v) is 10.1. The van der Waals surface area contributed by atoms with E-state index in [1.165, 1.54) is 6.07 Å². The summed E-state index contributed by atoms with van der Waals surface area (Å²) in [5, 5.41) is 11.2. The van der Waals surface area contributed by atoms with Crippen LogP contribution in [0, 0.1) is 16.0 Å². The van der Waals surface area contributed by atoms with E-state index in [1.54, 1.807) is 12.1 Å². The van der Waals surface area contributed by atoms with Crippen molar-refractivity contribution in [3.05, 3.63) is 38.9 Å². The van der Waals surface area contributed by atoms with Gasteiger partial charge in [0.1, 0.15) is 0 Å². The van der Waals surface area contributed by atoms with Crippen molar-refractivity contribution in [2.45, 2.75) is 26.3 Å². The molecule has 0 radical (unpaired) electrons. The molecule has 0 aliphatic heterocycles. The summed E-state index contributed by atoms with van der Waals surface area (Å²) < 4.78 is 0. The second-order valence-electron chi connectivity index (χ2n) is 4.11. The molecule has 1 atom stereocenters. The number of benzene rings is 1. The lowest BCUT2D eigenvalue weighted by Gasteiger charge is -2.16. The Morgan fingerprint density at radius 3 is 2.62 bits per heavy atom. The third-order valence-corrected chi connectivity index (χ3v) is 2.94. The predicted octanol–water partition coefficient (Wildman–Crippen LogP) is 2.77. The average Bonchev–Trinajstić information content (AvgIpc) is 2.20. The van der Waals surface area contributed by atoms with Gasteiger partial charge >= 0.3 is 0 Å². The number of nitrogens with zero attached hydrogens (tertiary/aromatic N) is 1. The molecule has 88 valence electrons. The molecule has 0 bridgehead atoms. The van der Waals surface area contributed by atoms with Crippen LogP contribution in [-0.2, 0) is 6.42 Å². The summed E-state index contributed by atoms with van der Waals surface area (Å²) in [7, 11) is 0. The number of nitro benzene ring substituents is 1. The topological polar surface area (TPSA) is 69.2 Å². The van der Waals surface area contributed by atoms with E-state index in [-0.39, 0.29) is 17.6 Å². The Morgan fingerprint density at radius 2 is 2.12 bits per heavy atom. The van der Waals surface area contributed by atoms with Crippen LogP contribution in [0.3, 0.4) is 0 Å². The Kier molecular flexibility index (Phi) is 4.26. The van der Waals surface area contributed by atoms with Gasteiger partial charge in [0.25, 0.3) is 5.69 Å². The molecule has 1 aromatic carbocycles. The Labute approximate surface area is 99.6 Å². The van der Waals surface area contributed by atoms with E-state index in [0.717, 1.165) is 0 Å². The van der Waals surface area contributed by atoms with E-state index >= 15 is 0 Å². The quantitative estimate of drug-likeness (QED) is 0.652. The van der Waals surface area contributed by atoms with Gasteiger partial charge in [0, 0.05) is 17.7 Å². The monoisotopic (exact) mass is 242 g/mol. The van der Waals surface area contributed by atoms with Crippen molar-refractivity contribution >= 4 is 17.3 Å². The maximum Gasteiger partial charge on any atom is 0.274 e. The van der Waals surface area contributed by atoms with Gasteiger partial charge in [0.05, 0.1) is 9.95 Å². The van der Waals surface area contributed by atoms with E-state index in [2.05, 4.69) is 0 Å². The second kappa shape index (κ2) is 5.27. The number of hydrogen-bond donors (Lipinski definition) is 1. The lowest BCUT2D eigenvalue weighted by molar-refractivity contribution is -0.385. The van der Waals surface area contributed by atoms with E-state index in [0.29, 0.717) is 17.0 Å². The van der Waals surface area contributed by atoms with Crippen molar-refractivity contribution in [1.82, 2.24) is 0 Å². The molecular formula is C11H15ClN2O2. The molecule has 16 heavy (non-hydrogen) atoms. The van der Waals surface area contributed by atoms with Gasteiger partial charge in [-0.1, -0.05) is 31.5 Å². The molecule has 0 aromatic heterocycles. The van der Waals surface area contributed by atoms with Crippen LogP contribution >= 0.6 is 11.6 Å². The fourth-order valence-electron chi connectivity index (χ4n) is 1.39. The first-order chi connectivity index (χ1) is 7.43. The van der Waals surface area contributed by atoms with Gasteiger partial charge in [-0.2, -0.15) is 0 Å². The van der Waals surface area contributed by atoms with Crippen LogP contribution in [0.15, 0.2) is 18.2 Å². The van der Waals surface area contributed by atoms with Crippen molar-refractivity contribution in [2.75, 3.05) is 0 Å². The van der Waals surface area contributed by atoms with E-state index in [1.807, 2.05) is 13.8 Å². The van der Waals surface area contributed by atoms with Gasteiger partial charge in [0.15, 0.2) is 0 Å². The molecule has 1 rings (SSSR count). The van der Waals surface area contributed by atoms with Gasteiger partial charge < -0.3 is 5.73 Å². The van der Waals surface area contributed by atoms with Gasteiger partial charge in [-0.15, -0.1) is 0 Å². The molecular weight excluding hydrogens is 228 g/mol. The number of halogens is 1. The molecule has 0 aliphatic rings. The number of hydrogen-bond acceptors (Lipinski definition) is 3. The molecule has 0 spiro atoms. The first-order valence-corrected chi connectivity index (χ1v) is 5.48. The van der Waals surface area contributed by atoms with Gasteiger partial charge in [0.2, 0.25) is 0 Å². The minimum absolute atomic E-state index is 0.0450. The third-order valence-electron chi connectivity index (χ3n) is 2.59. The van der Waals surface area contributed by atoms with E-state index in [9.17, 15) is 10.1 Å². The van der Waals surface area contributed by atoms with Crippen molar-refractivity contribution in [2.24, 2.45) is 11.7 Å². The minimum Gasteiger partial charge on any atom is -0.327 e. The van der Waals surface area contributed by atoms with Crippen molar-refractivity contribution < 1.29 is 4.92 Å². The Morgan fingerprint density at radius 1 is 1.50 bits per heavy atom. The highest BCUT2D eigenvalue weighted by Crippen LogP contribution is 2.28. The van der Waals surface area contributed by atoms with Crippen LogP contribution in [0.5, 0.6) is 0 Å². The average molecular weight is 243 g/mol. The fraction of sp³-hybridized carbons (Fsp3) is 0.455. The molecule has 1 unspecified atom stereocenters. The number of nitrogens with two attached hydrogens (primary N) is 1. The van der Waals surface area contributed by atoms with Crippen LogP contribution in [0.2, 0.25) is 5.02 Å². The van der Waals surface area contributed by atoms with Gasteiger partial charge in [-0.05, 0) is 18.4 Å². The molecule has 2 N–H and O–H groups in total. The largest absolute Gasteiger partial charge is 0.327 e. The van der Waals surface area contributed by atoms with Crippen LogP contribution < -0.4 is 5.73 Å². The molecule has 1 aromatic rings. The number of nitro groups is 1. The molecule has 0 aliphatic carbocycles. The smallest absolute Gasteiger partial charge is 0.274 e. The summed E-state index contributed by atoms with van der Waals surface area (Å²) in [6, 6.07) is 4.55. The predicted molar refractivity (Wildman–Crippen MR) is 64.6 cm³/mol.